The van der Waals surface area contributed by atoms with Gasteiger partial charge < -0.3 is 137 Å². The van der Waals surface area contributed by atoms with E-state index in [4.69, 9.17) is 86.7 Å². The molecule has 39 heteroatoms. The van der Waals surface area contributed by atoms with Crippen molar-refractivity contribution in [2.45, 2.75) is 146 Å². The number of carbonyl (C=O) groups is 7. The SMILES string of the molecule is CC[C@@]1(O)C(=O)OCc2c1cc1n(c2=O)Cc2c-1nc1cc(F)c(C)c3c1c2[C@@H](NC(=O)OCc1ccc(O[C@@H]2O[C@H](C(=O)O)[C@@H](O)[C@H](O)[C@H]2O)c(CNC(=O)CCNC(=O)[C@H](CNC(=O)CCOCCOCCOCCOCCOCCOCCOCCOCCOCCOCCOCCOC)NC(=O)CCCCCON)c1)CC3. The number of nitrogens with two attached hydrogens (primary N) is 1. The van der Waals surface area contributed by atoms with Gasteiger partial charge in [-0.05, 0) is 79.5 Å². The molecule has 0 unspecified atom stereocenters. The van der Waals surface area contributed by atoms with Gasteiger partial charge in [0, 0.05) is 74.1 Å². The molecular weight excluding hydrogens is 1540 g/mol. The molecule has 12 N–H and O–H groups in total. The zero-order valence-corrected chi connectivity index (χ0v) is 65.8. The van der Waals surface area contributed by atoms with Crippen LogP contribution >= 0.6 is 0 Å². The minimum Gasteiger partial charge on any atom is -0.479 e. The molecule has 0 saturated carbocycles. The number of fused-ring (bicyclic) bond motifs is 5. The van der Waals surface area contributed by atoms with E-state index in [1.807, 2.05) is 0 Å². The predicted octanol–water partition coefficient (Wildman–Crippen LogP) is 0.105. The molecule has 1 fully saturated rings. The number of amides is 5. The van der Waals surface area contributed by atoms with E-state index in [0.717, 1.165) is 0 Å². The van der Waals surface area contributed by atoms with Crippen molar-refractivity contribution in [2.24, 2.45) is 5.90 Å². The van der Waals surface area contributed by atoms with Crippen LogP contribution in [0, 0.1) is 12.7 Å². The van der Waals surface area contributed by atoms with E-state index in [9.17, 15) is 63.9 Å². The smallest absolute Gasteiger partial charge is 0.407 e. The maximum absolute atomic E-state index is 15.7. The maximum Gasteiger partial charge on any atom is 0.407 e. The molecule has 0 radical (unpaired) electrons. The molecule has 0 bridgehead atoms. The number of esters is 1. The summed E-state index contributed by atoms with van der Waals surface area (Å²) >= 11 is 0. The van der Waals surface area contributed by atoms with Gasteiger partial charge in [0.1, 0.15) is 49.1 Å². The van der Waals surface area contributed by atoms with Crippen LogP contribution in [0.3, 0.4) is 0 Å². The lowest BCUT2D eigenvalue weighted by Gasteiger charge is -2.38. The van der Waals surface area contributed by atoms with E-state index in [1.54, 1.807) is 21.0 Å². The van der Waals surface area contributed by atoms with Crippen LogP contribution in [0.1, 0.15) is 109 Å². The normalized spacial score (nSPS) is 18.9. The Bertz CT molecular complexity index is 3880. The van der Waals surface area contributed by atoms with Gasteiger partial charge in [0.05, 0.1) is 194 Å². The van der Waals surface area contributed by atoms with E-state index >= 15 is 4.39 Å². The molecule has 38 nitrogen and oxygen atoms in total. The number of aliphatic hydroxyl groups is 4. The van der Waals surface area contributed by atoms with Crippen molar-refractivity contribution in [3.63, 3.8) is 0 Å². The number of nitrogens with zero attached hydrogens (tertiary/aromatic N) is 2. The Morgan fingerprint density at radius 3 is 1.82 bits per heavy atom. The Labute approximate surface area is 669 Å². The van der Waals surface area contributed by atoms with Crippen molar-refractivity contribution in [1.82, 2.24) is 36.1 Å². The van der Waals surface area contributed by atoms with E-state index in [0.29, 0.717) is 191 Å². The first-order valence-electron chi connectivity index (χ1n) is 38.9. The highest BCUT2D eigenvalue weighted by Crippen LogP contribution is 2.46. The number of aryl methyl sites for hydroxylation is 1. The van der Waals surface area contributed by atoms with Crippen molar-refractivity contribution in [1.29, 1.82) is 0 Å². The number of halogens is 1. The third kappa shape index (κ3) is 28.3. The molecule has 5 heterocycles. The average Bonchev–Trinajstić information content (AvgIpc) is 1.51. The fourth-order valence-electron chi connectivity index (χ4n) is 13.0. The number of unbranched alkanes of at least 4 members (excludes halogenated alkanes) is 2. The number of pyridine rings is 2. The van der Waals surface area contributed by atoms with Crippen LogP contribution in [-0.2, 0) is 143 Å². The van der Waals surface area contributed by atoms with Crippen molar-refractivity contribution in [3.8, 4) is 17.1 Å². The average molecular weight is 1650 g/mol. The van der Waals surface area contributed by atoms with Gasteiger partial charge in [0.15, 0.2) is 11.7 Å². The highest BCUT2D eigenvalue weighted by molar-refractivity contribution is 5.94. The fourth-order valence-corrected chi connectivity index (χ4v) is 13.0. The van der Waals surface area contributed by atoms with E-state index in [1.165, 1.54) is 34.9 Å². The third-order valence-corrected chi connectivity index (χ3v) is 19.3. The van der Waals surface area contributed by atoms with Gasteiger partial charge in [-0.25, -0.2) is 29.7 Å². The number of nitrogens with one attached hydrogen (secondary N) is 5. The number of rotatable bonds is 58. The zero-order chi connectivity index (χ0) is 83.2. The number of carboxylic acid groups (broad SMARTS) is 1. The second-order valence-corrected chi connectivity index (χ2v) is 27.3. The number of aromatic nitrogens is 2. The fraction of sp³-hybridized carbons (Fsp3) is 0.649. The monoisotopic (exact) mass is 1650 g/mol. The number of hydrogen-bond donors (Lipinski definition) is 11. The molecule has 5 amide bonds. The molecule has 4 aliphatic rings. The van der Waals surface area contributed by atoms with Crippen LogP contribution in [0.2, 0.25) is 0 Å². The quantitative estimate of drug-likeness (QED) is 0.0140. The molecule has 8 rings (SSSR count). The summed E-state index contributed by atoms with van der Waals surface area (Å²) in [4.78, 5) is 116. The third-order valence-electron chi connectivity index (χ3n) is 19.3. The van der Waals surface area contributed by atoms with E-state index < -0.39 is 108 Å². The summed E-state index contributed by atoms with van der Waals surface area (Å²) in [5.74, 6) is -0.440. The standard InChI is InChI=1S/C77H111FN8O30/c1-4-77(99)54-41-59-66-52(45-86(59)72(94)53(54)47-112-75(77)97)65-56(11-10-51-48(2)55(78)42-57(84-66)64(51)65)85-76(98)113-46-49-9-12-60(115-74-69(92)67(90)68(91)70(116-74)73(95)96)50(40-49)43-81-61(87)13-15-80-71(93)58(83-63(89)8-6-5-7-16-114-79)44-82-62(88)14-17-101-20-21-103-24-25-105-28-29-107-32-33-109-36-37-111-39-38-110-35-34-108-31-30-106-27-26-104-23-22-102-19-18-100-3/h9,12,40-42,56,58,67-70,74,90-92,99H,4-8,10-11,13-39,43-47,79H2,1-3H3,(H,80,93)(H,81,87)(H,82,88)(H,83,89)(H,85,98)(H,95,96)/t56-,58-,67-,68-,69+,70-,74+,77-/m0/s1. The van der Waals surface area contributed by atoms with Crippen LogP contribution in [-0.4, -0.2) is 292 Å². The molecule has 116 heavy (non-hydrogen) atoms. The first kappa shape index (κ1) is 93.4. The zero-order valence-electron chi connectivity index (χ0n) is 65.8. The molecule has 2 aromatic carbocycles. The Hall–Kier alpha value is -8.14. The van der Waals surface area contributed by atoms with Crippen LogP contribution in [0.25, 0.3) is 22.3 Å². The number of cyclic esters (lactones) is 1. The molecule has 3 aliphatic heterocycles. The van der Waals surface area contributed by atoms with Crippen LogP contribution in [0.15, 0.2) is 35.1 Å². The maximum atomic E-state index is 15.7. The lowest BCUT2D eigenvalue weighted by Crippen LogP contribution is -2.61. The van der Waals surface area contributed by atoms with Crippen molar-refractivity contribution in [2.75, 3.05) is 179 Å². The molecule has 0 spiro atoms. The van der Waals surface area contributed by atoms with Gasteiger partial charge in [-0.2, -0.15) is 0 Å². The Balaban J connectivity index is 0.740. The highest BCUT2D eigenvalue weighted by atomic mass is 19.1. The lowest BCUT2D eigenvalue weighted by atomic mass is 9.81. The molecule has 4 aromatic rings. The largest absolute Gasteiger partial charge is 0.479 e. The number of aliphatic hydroxyl groups excluding tert-OH is 3. The summed E-state index contributed by atoms with van der Waals surface area (Å²) in [5.41, 5.74) is 0.935. The summed E-state index contributed by atoms with van der Waals surface area (Å²) < 4.78 is 105. The van der Waals surface area contributed by atoms with Crippen LogP contribution in [0.4, 0.5) is 9.18 Å². The summed E-state index contributed by atoms with van der Waals surface area (Å²) in [7, 11) is 1.62. The van der Waals surface area contributed by atoms with Gasteiger partial charge in [-0.1, -0.05) is 19.4 Å². The van der Waals surface area contributed by atoms with E-state index in [-0.39, 0.29) is 131 Å². The van der Waals surface area contributed by atoms with Crippen LogP contribution < -0.4 is 42.8 Å². The van der Waals surface area contributed by atoms with Gasteiger partial charge in [0.25, 0.3) is 5.56 Å². The lowest BCUT2D eigenvalue weighted by molar-refractivity contribution is -0.271. The number of carboxylic acids is 1. The van der Waals surface area contributed by atoms with Gasteiger partial charge in [-0.3, -0.25) is 24.0 Å². The number of alkyl carbamates (subject to hydrolysis) is 1. The van der Waals surface area contributed by atoms with Crippen molar-refractivity contribution in [3.05, 3.63) is 91.0 Å². The van der Waals surface area contributed by atoms with Crippen molar-refractivity contribution >= 4 is 52.6 Å². The Kier molecular flexibility index (Phi) is 40.2. The molecular formula is C77H111FN8O30. The molecule has 1 saturated heterocycles. The van der Waals surface area contributed by atoms with Crippen LogP contribution in [0.5, 0.6) is 5.75 Å². The Morgan fingerprint density at radius 1 is 0.672 bits per heavy atom. The van der Waals surface area contributed by atoms with Gasteiger partial charge >= 0.3 is 18.0 Å². The summed E-state index contributed by atoms with van der Waals surface area (Å²) in [6, 6.07) is 4.99. The summed E-state index contributed by atoms with van der Waals surface area (Å²) in [5, 5.41) is 67.2. The number of aliphatic carboxylic acids is 1. The number of benzene rings is 2. The summed E-state index contributed by atoms with van der Waals surface area (Å²) in [6.45, 7) is 10.9. The first-order chi connectivity index (χ1) is 56.2. The number of ether oxygens (including phenoxy) is 16. The molecule has 2 aromatic heterocycles. The second kappa shape index (κ2) is 49.9. The Morgan fingerprint density at radius 2 is 1.25 bits per heavy atom. The molecule has 1 aliphatic carbocycles. The number of methoxy groups -OCH3 is 1. The molecule has 646 valence electrons. The first-order valence-corrected chi connectivity index (χ1v) is 38.9. The number of hydrogen-bond acceptors (Lipinski definition) is 31. The minimum absolute atomic E-state index is 0.0144. The molecule has 8 atom stereocenters. The predicted molar refractivity (Wildman–Crippen MR) is 404 cm³/mol. The van der Waals surface area contributed by atoms with E-state index in [2.05, 4.69) is 31.4 Å². The van der Waals surface area contributed by atoms with Crippen molar-refractivity contribution < 1.29 is 144 Å². The van der Waals surface area contributed by atoms with Gasteiger partial charge in [0.2, 0.25) is 29.9 Å². The highest BCUT2D eigenvalue weighted by Gasteiger charge is 2.49. The summed E-state index contributed by atoms with van der Waals surface area (Å²) in [6.07, 6.45) is -9.17. The minimum atomic E-state index is -2.11. The topological polar surface area (TPSA) is 499 Å². The second-order valence-electron chi connectivity index (χ2n) is 27.3. The number of carbonyl (C=O) groups excluding carboxylic acids is 6. The van der Waals surface area contributed by atoms with Gasteiger partial charge in [-0.15, -0.1) is 0 Å².